The van der Waals surface area contributed by atoms with E-state index >= 15 is 0 Å². The van der Waals surface area contributed by atoms with E-state index in [0.29, 0.717) is 26.1 Å². The van der Waals surface area contributed by atoms with Crippen molar-refractivity contribution in [3.05, 3.63) is 58.3 Å². The first-order chi connectivity index (χ1) is 12.6. The number of aliphatic hydroxyl groups is 1. The topological polar surface area (TPSA) is 46.8 Å². The molecule has 1 aromatic carbocycles. The molecule has 3 aromatic heterocycles. The van der Waals surface area contributed by atoms with Gasteiger partial charge in [-0.1, -0.05) is 22.9 Å². The Bertz CT molecular complexity index is 1170. The number of aromatic nitrogens is 2. The number of rotatable bonds is 1. The third-order valence-electron chi connectivity index (χ3n) is 5.53. The molecule has 5 heteroatoms. The van der Waals surface area contributed by atoms with Crippen LogP contribution in [0.4, 0.5) is 0 Å². The molecule has 4 aromatic rings. The first kappa shape index (κ1) is 16.2. The van der Waals surface area contributed by atoms with Crippen molar-refractivity contribution in [1.29, 1.82) is 0 Å². The highest BCUT2D eigenvalue weighted by molar-refractivity contribution is 9.10. The SMILES string of the molecule is CCC1(O)CCOCc2cn3cc4cc5cc(Br)ccc5nc4c3cc21. The van der Waals surface area contributed by atoms with Gasteiger partial charge in [-0.2, -0.15) is 0 Å². The van der Waals surface area contributed by atoms with Gasteiger partial charge in [0.2, 0.25) is 0 Å². The van der Waals surface area contributed by atoms with Crippen LogP contribution < -0.4 is 0 Å². The van der Waals surface area contributed by atoms with Crippen LogP contribution in [-0.4, -0.2) is 21.1 Å². The number of nitrogens with zero attached hydrogens (tertiary/aromatic N) is 2. The Labute approximate surface area is 159 Å². The lowest BCUT2D eigenvalue weighted by atomic mass is 9.86. The van der Waals surface area contributed by atoms with E-state index in [2.05, 4.69) is 50.9 Å². The first-order valence-electron chi connectivity index (χ1n) is 8.92. The molecule has 1 unspecified atom stereocenters. The zero-order valence-corrected chi connectivity index (χ0v) is 16.1. The molecule has 0 bridgehead atoms. The summed E-state index contributed by atoms with van der Waals surface area (Å²) >= 11 is 3.53. The van der Waals surface area contributed by atoms with Gasteiger partial charge in [-0.3, -0.25) is 0 Å². The van der Waals surface area contributed by atoms with Gasteiger partial charge in [-0.05, 0) is 42.3 Å². The molecule has 0 saturated carbocycles. The minimum atomic E-state index is -0.841. The number of pyridine rings is 2. The Morgan fingerprint density at radius 2 is 2.12 bits per heavy atom. The van der Waals surface area contributed by atoms with Gasteiger partial charge >= 0.3 is 0 Å². The van der Waals surface area contributed by atoms with Crippen LogP contribution in [0.3, 0.4) is 0 Å². The van der Waals surface area contributed by atoms with Gasteiger partial charge in [0.1, 0.15) is 0 Å². The molecule has 0 fully saturated rings. The smallest absolute Gasteiger partial charge is 0.0964 e. The number of halogens is 1. The average Bonchev–Trinajstić information content (AvgIpc) is 2.89. The molecule has 1 aliphatic rings. The fourth-order valence-electron chi connectivity index (χ4n) is 4.00. The highest BCUT2D eigenvalue weighted by Crippen LogP contribution is 2.37. The molecule has 1 N–H and O–H groups in total. The molecule has 5 rings (SSSR count). The van der Waals surface area contributed by atoms with Crippen molar-refractivity contribution in [2.45, 2.75) is 32.0 Å². The summed E-state index contributed by atoms with van der Waals surface area (Å²) < 4.78 is 8.88. The zero-order valence-electron chi connectivity index (χ0n) is 14.5. The third-order valence-corrected chi connectivity index (χ3v) is 6.02. The van der Waals surface area contributed by atoms with Gasteiger partial charge in [0.25, 0.3) is 0 Å². The fourth-order valence-corrected chi connectivity index (χ4v) is 4.38. The molecular weight excluding hydrogens is 392 g/mol. The maximum Gasteiger partial charge on any atom is 0.0964 e. The molecule has 1 aliphatic heterocycles. The van der Waals surface area contributed by atoms with Crippen LogP contribution in [0.15, 0.2) is 47.2 Å². The number of hydrogen-bond donors (Lipinski definition) is 1. The summed E-state index contributed by atoms with van der Waals surface area (Å²) in [6.07, 6.45) is 5.48. The summed E-state index contributed by atoms with van der Waals surface area (Å²) in [5, 5.41) is 13.4. The summed E-state index contributed by atoms with van der Waals surface area (Å²) in [4.78, 5) is 4.90. The van der Waals surface area contributed by atoms with Crippen molar-refractivity contribution in [3.8, 4) is 0 Å². The predicted molar refractivity (Wildman–Crippen MR) is 106 cm³/mol. The van der Waals surface area contributed by atoms with E-state index in [1.807, 2.05) is 19.1 Å². The van der Waals surface area contributed by atoms with E-state index in [4.69, 9.17) is 9.72 Å². The molecule has 1 atom stereocenters. The summed E-state index contributed by atoms with van der Waals surface area (Å²) in [6, 6.07) is 10.4. The van der Waals surface area contributed by atoms with Crippen molar-refractivity contribution >= 4 is 43.3 Å². The van der Waals surface area contributed by atoms with Crippen LogP contribution in [0.1, 0.15) is 30.9 Å². The molecule has 4 heterocycles. The minimum absolute atomic E-state index is 0.532. The molecule has 0 amide bonds. The summed E-state index contributed by atoms with van der Waals surface area (Å²) in [5.41, 5.74) is 4.14. The van der Waals surface area contributed by atoms with E-state index in [9.17, 15) is 5.11 Å². The quantitative estimate of drug-likeness (QED) is 0.484. The van der Waals surface area contributed by atoms with E-state index < -0.39 is 5.60 Å². The van der Waals surface area contributed by atoms with Crippen molar-refractivity contribution in [2.24, 2.45) is 0 Å². The van der Waals surface area contributed by atoms with Gasteiger partial charge < -0.3 is 14.2 Å². The van der Waals surface area contributed by atoms with Crippen molar-refractivity contribution in [1.82, 2.24) is 9.38 Å². The highest BCUT2D eigenvalue weighted by atomic mass is 79.9. The Morgan fingerprint density at radius 3 is 2.96 bits per heavy atom. The van der Waals surface area contributed by atoms with Crippen LogP contribution in [0.5, 0.6) is 0 Å². The predicted octanol–water partition coefficient (Wildman–Crippen LogP) is 4.92. The van der Waals surface area contributed by atoms with Crippen LogP contribution in [0, 0.1) is 0 Å². The van der Waals surface area contributed by atoms with Crippen LogP contribution >= 0.6 is 15.9 Å². The van der Waals surface area contributed by atoms with E-state index in [0.717, 1.165) is 42.9 Å². The second-order valence-electron chi connectivity index (χ2n) is 7.08. The van der Waals surface area contributed by atoms with Gasteiger partial charge in [-0.25, -0.2) is 4.98 Å². The Morgan fingerprint density at radius 1 is 1.23 bits per heavy atom. The lowest BCUT2D eigenvalue weighted by Crippen LogP contribution is -2.26. The van der Waals surface area contributed by atoms with Crippen LogP contribution in [0.2, 0.25) is 0 Å². The monoisotopic (exact) mass is 410 g/mol. The van der Waals surface area contributed by atoms with E-state index in [1.54, 1.807) is 0 Å². The Hall–Kier alpha value is -1.95. The molecule has 0 aliphatic carbocycles. The molecule has 0 radical (unpaired) electrons. The Balaban J connectivity index is 1.84. The number of ether oxygens (including phenoxy) is 1. The molecule has 26 heavy (non-hydrogen) atoms. The summed E-state index contributed by atoms with van der Waals surface area (Å²) in [6.45, 7) is 3.13. The highest BCUT2D eigenvalue weighted by Gasteiger charge is 2.32. The number of benzene rings is 1. The molecule has 0 spiro atoms. The lowest BCUT2D eigenvalue weighted by Gasteiger charge is -2.27. The molecule has 0 saturated heterocycles. The minimum Gasteiger partial charge on any atom is -0.385 e. The van der Waals surface area contributed by atoms with Crippen molar-refractivity contribution in [2.75, 3.05) is 6.61 Å². The number of fused-ring (bicyclic) bond motifs is 5. The maximum atomic E-state index is 11.2. The lowest BCUT2D eigenvalue weighted by molar-refractivity contribution is 0.00232. The van der Waals surface area contributed by atoms with Crippen LogP contribution in [-0.2, 0) is 16.9 Å². The number of hydrogen-bond acceptors (Lipinski definition) is 3. The van der Waals surface area contributed by atoms with E-state index in [-0.39, 0.29) is 0 Å². The van der Waals surface area contributed by atoms with Crippen molar-refractivity contribution < 1.29 is 9.84 Å². The van der Waals surface area contributed by atoms with Gasteiger partial charge in [0, 0.05) is 39.6 Å². The standard InChI is InChI=1S/C21H19BrN2O2/c1-2-21(25)5-6-26-12-15-11-24-10-14-7-13-8-16(22)3-4-18(13)23-20(14)19(24)9-17(15)21/h3-4,7-11,25H,2,5-6,12H2,1H3. The van der Waals surface area contributed by atoms with Gasteiger partial charge in [0.05, 0.1) is 35.4 Å². The first-order valence-corrected chi connectivity index (χ1v) is 9.71. The fraction of sp³-hybridized carbons (Fsp3) is 0.286. The van der Waals surface area contributed by atoms with Gasteiger partial charge in [-0.15, -0.1) is 0 Å². The molecule has 4 nitrogen and oxygen atoms in total. The third kappa shape index (κ3) is 2.38. The second-order valence-corrected chi connectivity index (χ2v) is 8.00. The molecular formula is C21H19BrN2O2. The van der Waals surface area contributed by atoms with Gasteiger partial charge in [0.15, 0.2) is 0 Å². The van der Waals surface area contributed by atoms with Crippen LogP contribution in [0.25, 0.3) is 27.3 Å². The maximum absolute atomic E-state index is 11.2. The zero-order chi connectivity index (χ0) is 17.9. The largest absolute Gasteiger partial charge is 0.385 e. The average molecular weight is 411 g/mol. The van der Waals surface area contributed by atoms with E-state index in [1.165, 1.54) is 0 Å². The normalized spacial score (nSPS) is 20.6. The Kier molecular flexibility index (Phi) is 3.61. The van der Waals surface area contributed by atoms with Crippen molar-refractivity contribution in [3.63, 3.8) is 0 Å². The second kappa shape index (κ2) is 5.78. The summed E-state index contributed by atoms with van der Waals surface area (Å²) in [7, 11) is 0. The summed E-state index contributed by atoms with van der Waals surface area (Å²) in [5.74, 6) is 0. The molecule has 132 valence electrons.